The number of hydrogen-bond acceptors (Lipinski definition) is 8. The van der Waals surface area contributed by atoms with Crippen molar-refractivity contribution in [2.45, 2.75) is 25.3 Å². The van der Waals surface area contributed by atoms with E-state index >= 15 is 0 Å². The van der Waals surface area contributed by atoms with Crippen LogP contribution in [0.1, 0.15) is 36.4 Å². The van der Waals surface area contributed by atoms with Crippen LogP contribution in [0, 0.1) is 0 Å². The molecule has 182 valence electrons. The lowest BCUT2D eigenvalue weighted by Gasteiger charge is -2.34. The normalized spacial score (nSPS) is 18.1. The number of nitrogens with zero attached hydrogens (tertiary/aromatic N) is 5. The maximum Gasteiger partial charge on any atom is 0.246 e. The number of methoxy groups -OCH3 is 1. The molecule has 1 atom stereocenters. The number of unbranched alkanes of at least 4 members (excludes halogenated alkanes) is 2. The molecule has 1 aromatic heterocycles. The van der Waals surface area contributed by atoms with Crippen molar-refractivity contribution in [1.29, 1.82) is 0 Å². The Morgan fingerprint density at radius 3 is 2.74 bits per heavy atom. The van der Waals surface area contributed by atoms with Gasteiger partial charge in [-0.05, 0) is 49.2 Å². The van der Waals surface area contributed by atoms with Gasteiger partial charge in [0.1, 0.15) is 17.9 Å². The molecule has 1 amide bonds. The molecule has 0 bridgehead atoms. The van der Waals surface area contributed by atoms with E-state index in [9.17, 15) is 4.79 Å². The molecular formula is C24H32ClN7O2. The van der Waals surface area contributed by atoms with Gasteiger partial charge in [0.2, 0.25) is 5.91 Å². The van der Waals surface area contributed by atoms with Crippen LogP contribution in [0.15, 0.2) is 37.2 Å². The highest BCUT2D eigenvalue weighted by Gasteiger charge is 2.34. The quantitative estimate of drug-likeness (QED) is 0.413. The number of carbonyl (C=O) groups is 1. The van der Waals surface area contributed by atoms with Gasteiger partial charge in [0.05, 0.1) is 18.7 Å². The van der Waals surface area contributed by atoms with Crippen molar-refractivity contribution in [3.63, 3.8) is 0 Å². The van der Waals surface area contributed by atoms with Gasteiger partial charge in [-0.25, -0.2) is 15.4 Å². The predicted molar refractivity (Wildman–Crippen MR) is 134 cm³/mol. The molecule has 9 nitrogen and oxygen atoms in total. The number of nitrogen functional groups attached to an aromatic ring is 1. The number of benzene rings is 1. The van der Waals surface area contributed by atoms with E-state index in [1.54, 1.807) is 7.11 Å². The summed E-state index contributed by atoms with van der Waals surface area (Å²) in [5.74, 6) is 1.99. The topological polar surface area (TPSA) is 99.9 Å². The maximum atomic E-state index is 11.7. The first kappa shape index (κ1) is 24.3. The van der Waals surface area contributed by atoms with Crippen LogP contribution in [-0.4, -0.2) is 72.1 Å². The standard InChI is InChI=1S/C24H32ClN7O2/c1-3-20(33)31-13-11-30(12-14-31)9-5-4-6-10-32-24-21(23(26)27-16-28-24)22(29-32)18-15-17(34-2)7-8-19(18)25/h3,7-8,15-16,22,29H,1,4-6,9-14H2,2H3,(H2,26,27,28). The fraction of sp³-hybridized carbons (Fsp3) is 0.458. The molecule has 0 spiro atoms. The van der Waals surface area contributed by atoms with E-state index in [-0.39, 0.29) is 11.9 Å². The Hall–Kier alpha value is -2.88. The number of carbonyl (C=O) groups excluding carboxylic acids is 1. The van der Waals surface area contributed by atoms with Crippen LogP contribution >= 0.6 is 11.6 Å². The third kappa shape index (κ3) is 5.27. The lowest BCUT2D eigenvalue weighted by atomic mass is 10.0. The lowest BCUT2D eigenvalue weighted by molar-refractivity contribution is -0.127. The summed E-state index contributed by atoms with van der Waals surface area (Å²) < 4.78 is 5.39. The minimum absolute atomic E-state index is 0.0241. The second-order valence-corrected chi connectivity index (χ2v) is 8.94. The molecule has 3 N–H and O–H groups in total. The van der Waals surface area contributed by atoms with Gasteiger partial charge in [0, 0.05) is 37.7 Å². The van der Waals surface area contributed by atoms with E-state index < -0.39 is 0 Å². The summed E-state index contributed by atoms with van der Waals surface area (Å²) in [6.07, 6.45) is 6.09. The molecule has 2 aliphatic heterocycles. The van der Waals surface area contributed by atoms with Crippen molar-refractivity contribution in [2.75, 3.05) is 57.1 Å². The van der Waals surface area contributed by atoms with Crippen molar-refractivity contribution in [1.82, 2.24) is 25.2 Å². The number of anilines is 2. The number of halogens is 1. The number of hydrazine groups is 1. The fourth-order valence-corrected chi connectivity index (χ4v) is 4.77. The molecule has 0 radical (unpaired) electrons. The van der Waals surface area contributed by atoms with Gasteiger partial charge in [0.25, 0.3) is 0 Å². The average Bonchev–Trinajstić information content (AvgIpc) is 3.23. The number of aromatic nitrogens is 2. The molecule has 1 aromatic carbocycles. The first-order valence-electron chi connectivity index (χ1n) is 11.6. The second-order valence-electron chi connectivity index (χ2n) is 8.53. The van der Waals surface area contributed by atoms with Gasteiger partial charge >= 0.3 is 0 Å². The Kier molecular flexibility index (Phi) is 7.87. The first-order chi connectivity index (χ1) is 16.5. The highest BCUT2D eigenvalue weighted by molar-refractivity contribution is 6.31. The van der Waals surface area contributed by atoms with E-state index in [2.05, 4.69) is 26.9 Å². The van der Waals surface area contributed by atoms with Gasteiger partial charge < -0.3 is 15.4 Å². The van der Waals surface area contributed by atoms with Crippen molar-refractivity contribution in [3.8, 4) is 5.75 Å². The van der Waals surface area contributed by atoms with Crippen molar-refractivity contribution in [2.24, 2.45) is 0 Å². The molecule has 34 heavy (non-hydrogen) atoms. The molecule has 2 aromatic rings. The highest BCUT2D eigenvalue weighted by Crippen LogP contribution is 2.41. The predicted octanol–water partition coefficient (Wildman–Crippen LogP) is 2.64. The number of hydrogen-bond donors (Lipinski definition) is 2. The Morgan fingerprint density at radius 1 is 1.24 bits per heavy atom. The Bertz CT molecular complexity index is 1030. The molecule has 1 saturated heterocycles. The van der Waals surface area contributed by atoms with Gasteiger partial charge in [-0.3, -0.25) is 14.7 Å². The minimum atomic E-state index is -0.242. The van der Waals surface area contributed by atoms with Crippen LogP contribution in [0.3, 0.4) is 0 Å². The van der Waals surface area contributed by atoms with Crippen molar-refractivity contribution < 1.29 is 9.53 Å². The van der Waals surface area contributed by atoms with E-state index in [0.29, 0.717) is 10.8 Å². The molecule has 2 aliphatic rings. The van der Waals surface area contributed by atoms with Crippen LogP contribution in [0.25, 0.3) is 0 Å². The number of nitrogens with two attached hydrogens (primary N) is 1. The van der Waals surface area contributed by atoms with Gasteiger partial charge in [0.15, 0.2) is 5.82 Å². The molecule has 4 rings (SSSR count). The molecule has 1 unspecified atom stereocenters. The van der Waals surface area contributed by atoms with Gasteiger partial charge in [-0.2, -0.15) is 0 Å². The summed E-state index contributed by atoms with van der Waals surface area (Å²) in [5.41, 5.74) is 11.5. The van der Waals surface area contributed by atoms with E-state index in [1.165, 1.54) is 12.4 Å². The Balaban J connectivity index is 1.31. The molecule has 0 aliphatic carbocycles. The van der Waals surface area contributed by atoms with Crippen LogP contribution < -0.4 is 20.9 Å². The van der Waals surface area contributed by atoms with Crippen LogP contribution in [0.2, 0.25) is 5.02 Å². The summed E-state index contributed by atoms with van der Waals surface area (Å²) in [4.78, 5) is 24.7. The Morgan fingerprint density at radius 2 is 2.00 bits per heavy atom. The maximum absolute atomic E-state index is 11.7. The number of rotatable bonds is 9. The van der Waals surface area contributed by atoms with Crippen LogP contribution in [0.4, 0.5) is 11.6 Å². The molecule has 1 fully saturated rings. The largest absolute Gasteiger partial charge is 0.497 e. The zero-order chi connectivity index (χ0) is 24.1. The number of amides is 1. The lowest BCUT2D eigenvalue weighted by Crippen LogP contribution is -2.48. The average molecular weight is 486 g/mol. The monoisotopic (exact) mass is 485 g/mol. The van der Waals surface area contributed by atoms with Crippen molar-refractivity contribution in [3.05, 3.63) is 53.3 Å². The second kappa shape index (κ2) is 11.0. The summed E-state index contributed by atoms with van der Waals surface area (Å²) >= 11 is 6.53. The summed E-state index contributed by atoms with van der Waals surface area (Å²) in [5, 5.41) is 2.68. The fourth-order valence-electron chi connectivity index (χ4n) is 4.54. The van der Waals surface area contributed by atoms with Gasteiger partial charge in [-0.1, -0.05) is 24.6 Å². The highest BCUT2D eigenvalue weighted by atomic mass is 35.5. The smallest absolute Gasteiger partial charge is 0.246 e. The van der Waals surface area contributed by atoms with E-state index in [4.69, 9.17) is 22.1 Å². The molecule has 3 heterocycles. The van der Waals surface area contributed by atoms with E-state index in [1.807, 2.05) is 28.1 Å². The number of nitrogens with one attached hydrogen (secondary N) is 1. The molecular weight excluding hydrogens is 454 g/mol. The third-order valence-electron chi connectivity index (χ3n) is 6.45. The zero-order valence-electron chi connectivity index (χ0n) is 19.5. The summed E-state index contributed by atoms with van der Waals surface area (Å²) in [6, 6.07) is 5.34. The number of fused-ring (bicyclic) bond motifs is 1. The SMILES string of the molecule is C=CC(=O)N1CCN(CCCCCN2NC(c3cc(OC)ccc3Cl)c3c(N)ncnc32)CC1. The third-order valence-corrected chi connectivity index (χ3v) is 6.80. The van der Waals surface area contributed by atoms with Crippen LogP contribution in [-0.2, 0) is 4.79 Å². The summed E-state index contributed by atoms with van der Waals surface area (Å²) in [6.45, 7) is 8.78. The zero-order valence-corrected chi connectivity index (χ0v) is 20.3. The number of piperazine rings is 1. The summed E-state index contributed by atoms with van der Waals surface area (Å²) in [7, 11) is 1.63. The van der Waals surface area contributed by atoms with Crippen molar-refractivity contribution >= 4 is 29.1 Å². The molecule has 0 saturated carbocycles. The molecule has 10 heteroatoms. The Labute approximate surface area is 205 Å². The van der Waals surface area contributed by atoms with Crippen LogP contribution in [0.5, 0.6) is 5.75 Å². The van der Waals surface area contributed by atoms with E-state index in [0.717, 1.165) is 81.2 Å². The number of ether oxygens (including phenoxy) is 1. The van der Waals surface area contributed by atoms with Gasteiger partial charge in [-0.15, -0.1) is 0 Å². The first-order valence-corrected chi connectivity index (χ1v) is 12.0. The minimum Gasteiger partial charge on any atom is -0.497 e.